The van der Waals surface area contributed by atoms with Gasteiger partial charge in [0.2, 0.25) is 0 Å². The van der Waals surface area contributed by atoms with Crippen LogP contribution in [0.25, 0.3) is 0 Å². The van der Waals surface area contributed by atoms with Gasteiger partial charge in [-0.1, -0.05) is 0 Å². The van der Waals surface area contributed by atoms with Crippen LogP contribution < -0.4 is 9.47 Å². The minimum absolute atomic E-state index is 0.105. The van der Waals surface area contributed by atoms with E-state index in [1.165, 1.54) is 30.3 Å². The monoisotopic (exact) mass is 408 g/mol. The molecule has 0 unspecified atom stereocenters. The zero-order valence-corrected chi connectivity index (χ0v) is 16.8. The molecule has 152 valence electrons. The number of sulfone groups is 1. The van der Waals surface area contributed by atoms with E-state index in [0.717, 1.165) is 0 Å². The first-order valence-electron chi connectivity index (χ1n) is 8.69. The third-order valence-electron chi connectivity index (χ3n) is 3.63. The summed E-state index contributed by atoms with van der Waals surface area (Å²) in [5.41, 5.74) is -0.594. The Morgan fingerprint density at radius 2 is 1.64 bits per heavy atom. The molecule has 2 aromatic rings. The van der Waals surface area contributed by atoms with E-state index in [9.17, 15) is 18.3 Å². The normalized spacial score (nSPS) is 11.8. The predicted molar refractivity (Wildman–Crippen MR) is 104 cm³/mol. The summed E-state index contributed by atoms with van der Waals surface area (Å²) in [5, 5.41) is 18.5. The largest absolute Gasteiger partial charge is 0.507 e. The first-order valence-corrected chi connectivity index (χ1v) is 10.3. The van der Waals surface area contributed by atoms with Gasteiger partial charge in [-0.3, -0.25) is 0 Å². The number of carboxylic acid groups (broad SMARTS) is 1. The number of aromatic hydroxyl groups is 1. The molecule has 0 radical (unpaired) electrons. The van der Waals surface area contributed by atoms with Crippen LogP contribution >= 0.6 is 0 Å². The fourth-order valence-corrected chi connectivity index (χ4v) is 3.69. The molecule has 0 aliphatic rings. The van der Waals surface area contributed by atoms with Gasteiger partial charge in [0, 0.05) is 6.07 Å². The lowest BCUT2D eigenvalue weighted by atomic mass is 10.2. The molecule has 8 heteroatoms. The molecule has 0 bridgehead atoms. The second-order valence-corrected chi connectivity index (χ2v) is 9.30. The van der Waals surface area contributed by atoms with Crippen LogP contribution in [0, 0.1) is 0 Å². The van der Waals surface area contributed by atoms with Crippen molar-refractivity contribution >= 4 is 15.8 Å². The Labute approximate surface area is 164 Å². The van der Waals surface area contributed by atoms with Gasteiger partial charge in [0.15, 0.2) is 9.84 Å². The fraction of sp³-hybridized carbons (Fsp3) is 0.350. The average Bonchev–Trinajstić information content (AvgIpc) is 2.57. The van der Waals surface area contributed by atoms with Crippen molar-refractivity contribution in [2.75, 3.05) is 12.4 Å². The van der Waals surface area contributed by atoms with Gasteiger partial charge in [-0.2, -0.15) is 0 Å². The third kappa shape index (κ3) is 6.16. The molecule has 0 fully saturated rings. The van der Waals surface area contributed by atoms with E-state index in [1.54, 1.807) is 12.1 Å². The Morgan fingerprint density at radius 3 is 2.18 bits per heavy atom. The van der Waals surface area contributed by atoms with Crippen molar-refractivity contribution in [3.8, 4) is 17.2 Å². The molecular formula is C20H24O7S. The van der Waals surface area contributed by atoms with Crippen molar-refractivity contribution in [3.63, 3.8) is 0 Å². The number of carbonyl (C=O) groups is 1. The van der Waals surface area contributed by atoms with Crippen molar-refractivity contribution in [3.05, 3.63) is 48.0 Å². The van der Waals surface area contributed by atoms with Crippen LogP contribution in [0.1, 0.15) is 37.6 Å². The lowest BCUT2D eigenvalue weighted by Gasteiger charge is -2.21. The summed E-state index contributed by atoms with van der Waals surface area (Å²) >= 11 is 0. The first-order chi connectivity index (χ1) is 13.0. The van der Waals surface area contributed by atoms with Crippen LogP contribution in [0.4, 0.5) is 0 Å². The molecule has 28 heavy (non-hydrogen) atoms. The molecule has 0 aromatic heterocycles. The SMILES string of the molecule is CC(C)(C)Oc1ccc(S(=O)(=O)CCCOc2ccc(C(=O)O)c(O)c2)cc1. The summed E-state index contributed by atoms with van der Waals surface area (Å²) in [6.07, 6.45) is 0.240. The van der Waals surface area contributed by atoms with Gasteiger partial charge in [-0.15, -0.1) is 0 Å². The Bertz CT molecular complexity index is 926. The van der Waals surface area contributed by atoms with Crippen LogP contribution in [-0.2, 0) is 9.84 Å². The van der Waals surface area contributed by atoms with Crippen LogP contribution in [0.5, 0.6) is 17.2 Å². The van der Waals surface area contributed by atoms with Crippen molar-refractivity contribution in [2.45, 2.75) is 37.7 Å². The van der Waals surface area contributed by atoms with Crippen molar-refractivity contribution in [1.82, 2.24) is 0 Å². The maximum Gasteiger partial charge on any atom is 0.339 e. The summed E-state index contributed by atoms with van der Waals surface area (Å²) in [6.45, 7) is 5.84. The smallest absolute Gasteiger partial charge is 0.339 e. The molecule has 0 heterocycles. The summed E-state index contributed by atoms with van der Waals surface area (Å²) < 4.78 is 35.9. The number of rotatable bonds is 8. The van der Waals surface area contributed by atoms with Crippen molar-refractivity contribution in [1.29, 1.82) is 0 Å². The van der Waals surface area contributed by atoms with Crippen molar-refractivity contribution < 1.29 is 32.9 Å². The zero-order chi connectivity index (χ0) is 20.9. The first kappa shape index (κ1) is 21.6. The molecule has 0 saturated heterocycles. The van der Waals surface area contributed by atoms with Gasteiger partial charge in [0.05, 0.1) is 17.3 Å². The number of benzene rings is 2. The lowest BCUT2D eigenvalue weighted by molar-refractivity contribution is 0.0693. The van der Waals surface area contributed by atoms with Gasteiger partial charge in [-0.05, 0) is 63.6 Å². The molecule has 7 nitrogen and oxygen atoms in total. The Morgan fingerprint density at radius 1 is 1.04 bits per heavy atom. The van der Waals surface area contributed by atoms with E-state index < -0.39 is 21.6 Å². The second-order valence-electron chi connectivity index (χ2n) is 7.19. The molecule has 0 atom stereocenters. The maximum absolute atomic E-state index is 12.4. The molecule has 0 amide bonds. The van der Waals surface area contributed by atoms with Gasteiger partial charge in [0.1, 0.15) is 28.4 Å². The zero-order valence-electron chi connectivity index (χ0n) is 16.0. The van der Waals surface area contributed by atoms with Crippen LogP contribution in [-0.4, -0.2) is 42.6 Å². The molecule has 2 aromatic carbocycles. The van der Waals surface area contributed by atoms with E-state index in [-0.39, 0.29) is 40.6 Å². The average molecular weight is 408 g/mol. The second kappa shape index (κ2) is 8.52. The quantitative estimate of drug-likeness (QED) is 0.643. The number of aromatic carboxylic acids is 1. The summed E-state index contributed by atoms with van der Waals surface area (Å²) in [7, 11) is -3.46. The van der Waals surface area contributed by atoms with E-state index in [2.05, 4.69) is 0 Å². The standard InChI is InChI=1S/C20H24O7S/c1-20(2,3)27-14-5-8-16(9-6-14)28(24,25)12-4-11-26-15-7-10-17(19(22)23)18(21)13-15/h5-10,13,21H,4,11-12H2,1-3H3,(H,22,23). The minimum Gasteiger partial charge on any atom is -0.507 e. The number of hydrogen-bond acceptors (Lipinski definition) is 6. The summed E-state index contributed by atoms with van der Waals surface area (Å²) in [4.78, 5) is 11.1. The molecule has 2 N–H and O–H groups in total. The van der Waals surface area contributed by atoms with Crippen LogP contribution in [0.15, 0.2) is 47.4 Å². The fourth-order valence-electron chi connectivity index (χ4n) is 2.41. The molecule has 0 saturated carbocycles. The Kier molecular flexibility index (Phi) is 6.56. The number of hydrogen-bond donors (Lipinski definition) is 2. The van der Waals surface area contributed by atoms with E-state index >= 15 is 0 Å². The molecular weight excluding hydrogens is 384 g/mol. The van der Waals surface area contributed by atoms with Gasteiger partial charge >= 0.3 is 5.97 Å². The van der Waals surface area contributed by atoms with E-state index in [4.69, 9.17) is 14.6 Å². The van der Waals surface area contributed by atoms with Gasteiger partial charge < -0.3 is 19.7 Å². The molecule has 0 spiro atoms. The maximum atomic E-state index is 12.4. The van der Waals surface area contributed by atoms with Gasteiger partial charge in [0.25, 0.3) is 0 Å². The topological polar surface area (TPSA) is 110 Å². The third-order valence-corrected chi connectivity index (χ3v) is 5.45. The number of phenols is 1. The highest BCUT2D eigenvalue weighted by Gasteiger charge is 2.16. The van der Waals surface area contributed by atoms with Gasteiger partial charge in [-0.25, -0.2) is 13.2 Å². The summed E-state index contributed by atoms with van der Waals surface area (Å²) in [6, 6.07) is 10.1. The Balaban J connectivity index is 1.90. The van der Waals surface area contributed by atoms with E-state index in [1.807, 2.05) is 20.8 Å². The van der Waals surface area contributed by atoms with E-state index in [0.29, 0.717) is 5.75 Å². The van der Waals surface area contributed by atoms with Crippen LogP contribution in [0.3, 0.4) is 0 Å². The lowest BCUT2D eigenvalue weighted by Crippen LogP contribution is -2.22. The number of carboxylic acids is 1. The highest BCUT2D eigenvalue weighted by atomic mass is 32.2. The minimum atomic E-state index is -3.46. The highest BCUT2D eigenvalue weighted by Crippen LogP contribution is 2.24. The number of ether oxygens (including phenoxy) is 2. The summed E-state index contributed by atoms with van der Waals surface area (Å²) in [5.74, 6) is -0.890. The Hall–Kier alpha value is -2.74. The van der Waals surface area contributed by atoms with Crippen molar-refractivity contribution in [2.24, 2.45) is 0 Å². The van der Waals surface area contributed by atoms with Crippen LogP contribution in [0.2, 0.25) is 0 Å². The predicted octanol–water partition coefficient (Wildman–Crippen LogP) is 3.51. The molecule has 2 rings (SSSR count). The molecule has 0 aliphatic carbocycles. The molecule has 0 aliphatic heterocycles. The highest BCUT2D eigenvalue weighted by molar-refractivity contribution is 7.91.